The Labute approximate surface area is 203 Å². The lowest BCUT2D eigenvalue weighted by molar-refractivity contribution is -0.133. The summed E-state index contributed by atoms with van der Waals surface area (Å²) in [5, 5.41) is 4.65. The standard InChI is InChI=1S/C31H24O2S/c32-31(18-19-34-30-8-2-1-3-9-30)33-29-17-16-27-21-24(13-15-28(27)22-29)11-10-23-12-14-25-6-4-5-7-26(25)20-23/h1-17,20-22H,18-19H2/b11-10-. The van der Waals surface area contributed by atoms with Crippen molar-refractivity contribution in [3.05, 3.63) is 120 Å². The first-order chi connectivity index (χ1) is 16.7. The first kappa shape index (κ1) is 22.0. The minimum absolute atomic E-state index is 0.210. The van der Waals surface area contributed by atoms with Crippen LogP contribution in [0.3, 0.4) is 0 Å². The van der Waals surface area contributed by atoms with Gasteiger partial charge in [-0.2, -0.15) is 0 Å². The van der Waals surface area contributed by atoms with Gasteiger partial charge in [-0.1, -0.05) is 84.9 Å². The van der Waals surface area contributed by atoms with Crippen molar-refractivity contribution in [3.8, 4) is 5.75 Å². The molecule has 0 aliphatic carbocycles. The molecular weight excluding hydrogens is 436 g/mol. The first-order valence-electron chi connectivity index (χ1n) is 11.3. The molecule has 0 aliphatic rings. The number of rotatable bonds is 7. The largest absolute Gasteiger partial charge is 0.426 e. The number of thioether (sulfide) groups is 1. The van der Waals surface area contributed by atoms with Gasteiger partial charge in [0.2, 0.25) is 0 Å². The van der Waals surface area contributed by atoms with Crippen LogP contribution in [0, 0.1) is 0 Å². The van der Waals surface area contributed by atoms with Gasteiger partial charge in [0, 0.05) is 10.6 Å². The van der Waals surface area contributed by atoms with Gasteiger partial charge in [-0.05, 0) is 69.1 Å². The Hall–Kier alpha value is -3.82. The van der Waals surface area contributed by atoms with Crippen molar-refractivity contribution in [2.75, 3.05) is 5.75 Å². The summed E-state index contributed by atoms with van der Waals surface area (Å²) in [7, 11) is 0. The first-order valence-corrected chi connectivity index (χ1v) is 12.3. The number of fused-ring (bicyclic) bond motifs is 2. The molecular formula is C31H24O2S. The smallest absolute Gasteiger partial charge is 0.312 e. The van der Waals surface area contributed by atoms with E-state index in [1.54, 1.807) is 11.8 Å². The van der Waals surface area contributed by atoms with Crippen molar-refractivity contribution in [1.82, 2.24) is 0 Å². The van der Waals surface area contributed by atoms with E-state index in [0.29, 0.717) is 17.9 Å². The normalized spacial score (nSPS) is 11.3. The molecule has 2 nitrogen and oxygen atoms in total. The molecule has 0 saturated carbocycles. The molecule has 34 heavy (non-hydrogen) atoms. The van der Waals surface area contributed by atoms with Gasteiger partial charge in [-0.25, -0.2) is 0 Å². The van der Waals surface area contributed by atoms with Crippen molar-refractivity contribution in [1.29, 1.82) is 0 Å². The van der Waals surface area contributed by atoms with Crippen LogP contribution in [0.1, 0.15) is 17.5 Å². The van der Waals surface area contributed by atoms with E-state index in [1.165, 1.54) is 16.3 Å². The minimum Gasteiger partial charge on any atom is -0.426 e. The third-order valence-corrected chi connectivity index (χ3v) is 6.64. The lowest BCUT2D eigenvalue weighted by Gasteiger charge is -2.07. The van der Waals surface area contributed by atoms with Crippen LogP contribution < -0.4 is 4.74 Å². The summed E-state index contributed by atoms with van der Waals surface area (Å²) in [6.45, 7) is 0. The molecule has 3 heteroatoms. The molecule has 0 aliphatic heterocycles. The summed E-state index contributed by atoms with van der Waals surface area (Å²) in [6, 6.07) is 37.0. The average Bonchev–Trinajstić information content (AvgIpc) is 2.88. The third kappa shape index (κ3) is 5.56. The van der Waals surface area contributed by atoms with Crippen LogP contribution in [0.5, 0.6) is 5.75 Å². The second kappa shape index (κ2) is 10.4. The Morgan fingerprint density at radius 2 is 1.24 bits per heavy atom. The minimum atomic E-state index is -0.210. The maximum Gasteiger partial charge on any atom is 0.312 e. The molecule has 0 heterocycles. The monoisotopic (exact) mass is 460 g/mol. The lowest BCUT2D eigenvalue weighted by atomic mass is 10.0. The highest BCUT2D eigenvalue weighted by Gasteiger charge is 2.07. The molecule has 0 radical (unpaired) electrons. The van der Waals surface area contributed by atoms with Gasteiger partial charge < -0.3 is 4.74 Å². The Morgan fingerprint density at radius 1 is 0.647 bits per heavy atom. The van der Waals surface area contributed by atoms with Gasteiger partial charge in [0.25, 0.3) is 0 Å². The van der Waals surface area contributed by atoms with Crippen LogP contribution in [-0.4, -0.2) is 11.7 Å². The SMILES string of the molecule is O=C(CCSc1ccccc1)Oc1ccc2cc(/C=C\c3ccc4ccccc4c3)ccc2c1. The van der Waals surface area contributed by atoms with E-state index >= 15 is 0 Å². The van der Waals surface area contributed by atoms with Crippen LogP contribution in [0.4, 0.5) is 0 Å². The van der Waals surface area contributed by atoms with Crippen molar-refractivity contribution >= 4 is 51.4 Å². The number of carbonyl (C=O) groups excluding carboxylic acids is 1. The van der Waals surface area contributed by atoms with Crippen LogP contribution >= 0.6 is 11.8 Å². The van der Waals surface area contributed by atoms with Crippen LogP contribution in [-0.2, 0) is 4.79 Å². The molecule has 0 bridgehead atoms. The molecule has 5 aromatic carbocycles. The maximum atomic E-state index is 12.2. The second-order valence-corrected chi connectivity index (χ2v) is 9.26. The Bertz CT molecular complexity index is 1470. The van der Waals surface area contributed by atoms with E-state index in [9.17, 15) is 4.79 Å². The fourth-order valence-corrected chi connectivity index (χ4v) is 4.72. The summed E-state index contributed by atoms with van der Waals surface area (Å²) >= 11 is 1.66. The molecule has 0 fully saturated rings. The van der Waals surface area contributed by atoms with Crippen LogP contribution in [0.15, 0.2) is 114 Å². The van der Waals surface area contributed by atoms with E-state index in [-0.39, 0.29) is 5.97 Å². The highest BCUT2D eigenvalue weighted by Crippen LogP contribution is 2.24. The third-order valence-electron chi connectivity index (χ3n) is 5.63. The highest BCUT2D eigenvalue weighted by atomic mass is 32.2. The summed E-state index contributed by atoms with van der Waals surface area (Å²) in [6.07, 6.45) is 4.63. The number of hydrogen-bond donors (Lipinski definition) is 0. The van der Waals surface area contributed by atoms with Gasteiger partial charge in [-0.15, -0.1) is 11.8 Å². The van der Waals surface area contributed by atoms with Gasteiger partial charge in [0.15, 0.2) is 0 Å². The number of benzene rings is 5. The topological polar surface area (TPSA) is 26.3 Å². The number of ether oxygens (including phenoxy) is 1. The van der Waals surface area contributed by atoms with Crippen molar-refractivity contribution in [3.63, 3.8) is 0 Å². The predicted octanol–water partition coefficient (Wildman–Crippen LogP) is 8.25. The van der Waals surface area contributed by atoms with Crippen molar-refractivity contribution < 1.29 is 9.53 Å². The second-order valence-electron chi connectivity index (χ2n) is 8.09. The average molecular weight is 461 g/mol. The summed E-state index contributed by atoms with van der Waals surface area (Å²) in [5.41, 5.74) is 2.30. The maximum absolute atomic E-state index is 12.2. The number of hydrogen-bond acceptors (Lipinski definition) is 3. The molecule has 0 saturated heterocycles. The Balaban J connectivity index is 1.22. The number of esters is 1. The van der Waals surface area contributed by atoms with Crippen molar-refractivity contribution in [2.24, 2.45) is 0 Å². The van der Waals surface area contributed by atoms with Gasteiger partial charge in [0.1, 0.15) is 5.75 Å². The van der Waals surface area contributed by atoms with E-state index in [4.69, 9.17) is 4.74 Å². The Morgan fingerprint density at radius 3 is 2.00 bits per heavy atom. The van der Waals surface area contributed by atoms with Gasteiger partial charge in [0.05, 0.1) is 6.42 Å². The molecule has 0 unspecified atom stereocenters. The molecule has 5 rings (SSSR count). The van der Waals surface area contributed by atoms with E-state index in [0.717, 1.165) is 21.2 Å². The van der Waals surface area contributed by atoms with Gasteiger partial charge >= 0.3 is 5.97 Å². The van der Waals surface area contributed by atoms with Crippen molar-refractivity contribution in [2.45, 2.75) is 11.3 Å². The molecule has 5 aromatic rings. The summed E-state index contributed by atoms with van der Waals surface area (Å²) < 4.78 is 5.56. The van der Waals surface area contributed by atoms with Gasteiger partial charge in [-0.3, -0.25) is 4.79 Å². The number of carbonyl (C=O) groups is 1. The van der Waals surface area contributed by atoms with E-state index in [1.807, 2.05) is 48.5 Å². The molecule has 0 N–H and O–H groups in total. The summed E-state index contributed by atoms with van der Waals surface area (Å²) in [5.74, 6) is 1.07. The molecule has 0 atom stereocenters. The molecule has 166 valence electrons. The Kier molecular flexibility index (Phi) is 6.73. The molecule has 0 aromatic heterocycles. The molecule has 0 amide bonds. The highest BCUT2D eigenvalue weighted by molar-refractivity contribution is 7.99. The zero-order chi connectivity index (χ0) is 23.2. The zero-order valence-electron chi connectivity index (χ0n) is 18.7. The predicted molar refractivity (Wildman–Crippen MR) is 144 cm³/mol. The quantitative estimate of drug-likeness (QED) is 0.106. The fourth-order valence-electron chi connectivity index (χ4n) is 3.86. The summed E-state index contributed by atoms with van der Waals surface area (Å²) in [4.78, 5) is 13.4. The van der Waals surface area contributed by atoms with Crippen LogP contribution in [0.2, 0.25) is 0 Å². The zero-order valence-corrected chi connectivity index (χ0v) is 19.5. The fraction of sp³-hybridized carbons (Fsp3) is 0.0645. The molecule has 0 spiro atoms. The van der Waals surface area contributed by atoms with E-state index in [2.05, 4.69) is 72.8 Å². The van der Waals surface area contributed by atoms with Crippen LogP contribution in [0.25, 0.3) is 33.7 Å². The van der Waals surface area contributed by atoms with E-state index < -0.39 is 0 Å². The lowest BCUT2D eigenvalue weighted by Crippen LogP contribution is -2.08.